The van der Waals surface area contributed by atoms with Gasteiger partial charge in [0.05, 0.1) is 6.42 Å². The number of carbonyl (C=O) groups is 1. The standard InChI is InChI=1S/C11H13N5O2/c1-7-13-14-11-10(12-2-3-16(7)11)15-5-8(6-15)4-9(17)18/h2-3,8H,4-6H2,1H3,(H,17,18). The number of hydrogen-bond donors (Lipinski definition) is 1. The predicted molar refractivity (Wildman–Crippen MR) is 63.5 cm³/mol. The van der Waals surface area contributed by atoms with Crippen LogP contribution in [0.15, 0.2) is 12.4 Å². The van der Waals surface area contributed by atoms with E-state index in [9.17, 15) is 4.79 Å². The Morgan fingerprint density at radius 3 is 3.00 bits per heavy atom. The van der Waals surface area contributed by atoms with Crippen LogP contribution < -0.4 is 4.90 Å². The maximum Gasteiger partial charge on any atom is 0.303 e. The third-order valence-corrected chi connectivity index (χ3v) is 3.20. The first-order chi connectivity index (χ1) is 8.65. The van der Waals surface area contributed by atoms with Crippen molar-refractivity contribution in [2.45, 2.75) is 13.3 Å². The number of aryl methyl sites for hydroxylation is 1. The largest absolute Gasteiger partial charge is 0.481 e. The molecular formula is C11H13N5O2. The Kier molecular flexibility index (Phi) is 2.39. The zero-order chi connectivity index (χ0) is 12.7. The van der Waals surface area contributed by atoms with Crippen LogP contribution in [0.5, 0.6) is 0 Å². The molecule has 1 aliphatic heterocycles. The minimum Gasteiger partial charge on any atom is -0.481 e. The molecule has 0 saturated carbocycles. The van der Waals surface area contributed by atoms with E-state index in [4.69, 9.17) is 5.11 Å². The lowest BCUT2D eigenvalue weighted by atomic mass is 9.96. The van der Waals surface area contributed by atoms with E-state index in [2.05, 4.69) is 15.2 Å². The second-order valence-corrected chi connectivity index (χ2v) is 4.56. The van der Waals surface area contributed by atoms with Gasteiger partial charge in [0, 0.05) is 31.4 Å². The van der Waals surface area contributed by atoms with Gasteiger partial charge >= 0.3 is 5.97 Å². The Morgan fingerprint density at radius 2 is 2.28 bits per heavy atom. The molecule has 94 valence electrons. The highest BCUT2D eigenvalue weighted by Crippen LogP contribution is 2.27. The van der Waals surface area contributed by atoms with Gasteiger partial charge in [-0.25, -0.2) is 4.98 Å². The normalized spacial score (nSPS) is 15.9. The number of anilines is 1. The molecule has 18 heavy (non-hydrogen) atoms. The van der Waals surface area contributed by atoms with Crippen LogP contribution in [0.25, 0.3) is 5.65 Å². The highest BCUT2D eigenvalue weighted by atomic mass is 16.4. The zero-order valence-electron chi connectivity index (χ0n) is 9.94. The van der Waals surface area contributed by atoms with Crippen LogP contribution in [-0.4, -0.2) is 43.7 Å². The molecule has 1 aliphatic rings. The molecule has 0 aliphatic carbocycles. The molecule has 0 amide bonds. The van der Waals surface area contributed by atoms with Gasteiger partial charge in [-0.05, 0) is 6.92 Å². The second kappa shape index (κ2) is 3.94. The number of rotatable bonds is 3. The minimum atomic E-state index is -0.746. The SMILES string of the molecule is Cc1nnc2c(N3CC(CC(=O)O)C3)nccn12. The molecular weight excluding hydrogens is 234 g/mol. The minimum absolute atomic E-state index is 0.202. The van der Waals surface area contributed by atoms with Crippen LogP contribution in [0.1, 0.15) is 12.2 Å². The molecule has 0 spiro atoms. The van der Waals surface area contributed by atoms with Gasteiger partial charge in [0.25, 0.3) is 0 Å². The van der Waals surface area contributed by atoms with Crippen LogP contribution in [0, 0.1) is 12.8 Å². The Labute approximate surface area is 103 Å². The first kappa shape index (κ1) is 10.9. The van der Waals surface area contributed by atoms with Crippen LogP contribution in [0.4, 0.5) is 5.82 Å². The van der Waals surface area contributed by atoms with E-state index in [1.807, 2.05) is 22.4 Å². The molecule has 1 saturated heterocycles. The van der Waals surface area contributed by atoms with Crippen molar-refractivity contribution in [3.63, 3.8) is 0 Å². The van der Waals surface area contributed by atoms with E-state index < -0.39 is 5.97 Å². The second-order valence-electron chi connectivity index (χ2n) is 4.56. The molecule has 7 heteroatoms. The van der Waals surface area contributed by atoms with Crippen molar-refractivity contribution in [2.24, 2.45) is 5.92 Å². The summed E-state index contributed by atoms with van der Waals surface area (Å²) < 4.78 is 1.88. The van der Waals surface area contributed by atoms with Gasteiger partial charge in [0.1, 0.15) is 5.82 Å². The number of nitrogens with zero attached hydrogens (tertiary/aromatic N) is 5. The van der Waals surface area contributed by atoms with Crippen molar-refractivity contribution in [1.29, 1.82) is 0 Å². The van der Waals surface area contributed by atoms with Crippen molar-refractivity contribution in [1.82, 2.24) is 19.6 Å². The molecule has 0 aromatic carbocycles. The van der Waals surface area contributed by atoms with Gasteiger partial charge in [-0.3, -0.25) is 9.20 Å². The fourth-order valence-corrected chi connectivity index (χ4v) is 2.27. The van der Waals surface area contributed by atoms with Crippen molar-refractivity contribution in [3.8, 4) is 0 Å². The molecule has 3 heterocycles. The molecule has 1 fully saturated rings. The average molecular weight is 247 g/mol. The summed E-state index contributed by atoms with van der Waals surface area (Å²) in [6.45, 7) is 3.31. The van der Waals surface area contributed by atoms with Crippen LogP contribution in [0.3, 0.4) is 0 Å². The number of aliphatic carboxylic acids is 1. The van der Waals surface area contributed by atoms with Crippen LogP contribution >= 0.6 is 0 Å². The monoisotopic (exact) mass is 247 g/mol. The average Bonchev–Trinajstić information content (AvgIpc) is 2.65. The summed E-state index contributed by atoms with van der Waals surface area (Å²) in [5, 5.41) is 16.8. The lowest BCUT2D eigenvalue weighted by Gasteiger charge is -2.39. The first-order valence-corrected chi connectivity index (χ1v) is 5.78. The van der Waals surface area contributed by atoms with Crippen molar-refractivity contribution in [2.75, 3.05) is 18.0 Å². The highest BCUT2D eigenvalue weighted by molar-refractivity contribution is 5.69. The summed E-state index contributed by atoms with van der Waals surface area (Å²) in [4.78, 5) is 17.0. The third-order valence-electron chi connectivity index (χ3n) is 3.20. The number of carboxylic acids is 1. The molecule has 7 nitrogen and oxygen atoms in total. The third kappa shape index (κ3) is 1.68. The number of hydrogen-bond acceptors (Lipinski definition) is 5. The van der Waals surface area contributed by atoms with Crippen molar-refractivity contribution in [3.05, 3.63) is 18.2 Å². The van der Waals surface area contributed by atoms with Gasteiger partial charge in [-0.2, -0.15) is 0 Å². The first-order valence-electron chi connectivity index (χ1n) is 5.78. The maximum absolute atomic E-state index is 10.6. The quantitative estimate of drug-likeness (QED) is 0.842. The fourth-order valence-electron chi connectivity index (χ4n) is 2.27. The Hall–Kier alpha value is -2.18. The summed E-state index contributed by atoms with van der Waals surface area (Å²) in [6.07, 6.45) is 3.75. The topological polar surface area (TPSA) is 83.6 Å². The smallest absolute Gasteiger partial charge is 0.303 e. The summed E-state index contributed by atoms with van der Waals surface area (Å²) in [5.74, 6) is 1.05. The van der Waals surface area contributed by atoms with E-state index >= 15 is 0 Å². The van der Waals surface area contributed by atoms with Gasteiger partial charge < -0.3 is 10.0 Å². The Balaban J connectivity index is 1.82. The summed E-state index contributed by atoms with van der Waals surface area (Å²) in [5.41, 5.74) is 0.726. The van der Waals surface area contributed by atoms with Crippen LogP contribution in [0.2, 0.25) is 0 Å². The summed E-state index contributed by atoms with van der Waals surface area (Å²) in [7, 11) is 0. The molecule has 0 atom stereocenters. The number of aromatic nitrogens is 4. The van der Waals surface area contributed by atoms with E-state index in [0.29, 0.717) is 13.1 Å². The molecule has 2 aromatic heterocycles. The van der Waals surface area contributed by atoms with Crippen LogP contribution in [-0.2, 0) is 4.79 Å². The molecule has 0 unspecified atom stereocenters. The van der Waals surface area contributed by atoms with Gasteiger partial charge in [0.15, 0.2) is 5.82 Å². The van der Waals surface area contributed by atoms with Gasteiger partial charge in [-0.15, -0.1) is 10.2 Å². The molecule has 1 N–H and O–H groups in total. The highest BCUT2D eigenvalue weighted by Gasteiger charge is 2.31. The lowest BCUT2D eigenvalue weighted by Crippen LogP contribution is -2.48. The summed E-state index contributed by atoms with van der Waals surface area (Å²) >= 11 is 0. The van der Waals surface area contributed by atoms with E-state index in [1.54, 1.807) is 6.20 Å². The molecule has 0 bridgehead atoms. The van der Waals surface area contributed by atoms with E-state index in [1.165, 1.54) is 0 Å². The van der Waals surface area contributed by atoms with Gasteiger partial charge in [-0.1, -0.05) is 0 Å². The van der Waals surface area contributed by atoms with E-state index in [0.717, 1.165) is 17.3 Å². The molecule has 3 rings (SSSR count). The van der Waals surface area contributed by atoms with Crippen molar-refractivity contribution < 1.29 is 9.90 Å². The summed E-state index contributed by atoms with van der Waals surface area (Å²) in [6, 6.07) is 0. The zero-order valence-corrected chi connectivity index (χ0v) is 9.94. The lowest BCUT2D eigenvalue weighted by molar-refractivity contribution is -0.138. The molecule has 2 aromatic rings. The fraction of sp³-hybridized carbons (Fsp3) is 0.455. The maximum atomic E-state index is 10.6. The van der Waals surface area contributed by atoms with Crippen molar-refractivity contribution >= 4 is 17.4 Å². The van der Waals surface area contributed by atoms with Gasteiger partial charge in [0.2, 0.25) is 5.65 Å². The predicted octanol–water partition coefficient (Wildman–Crippen LogP) is 0.344. The number of carboxylic acid groups (broad SMARTS) is 1. The Morgan fingerprint density at radius 1 is 1.50 bits per heavy atom. The number of fused-ring (bicyclic) bond motifs is 1. The van der Waals surface area contributed by atoms with E-state index in [-0.39, 0.29) is 12.3 Å². The molecule has 0 radical (unpaired) electrons. The Bertz CT molecular complexity index is 602.